The number of ether oxygens (including phenoxy) is 1. The zero-order valence-corrected chi connectivity index (χ0v) is 7.18. The molecule has 1 rings (SSSR count). The van der Waals surface area contributed by atoms with Crippen LogP contribution in [0.1, 0.15) is 32.6 Å². The number of allylic oxidation sites excluding steroid dienone is 2. The van der Waals surface area contributed by atoms with E-state index in [1.165, 1.54) is 31.3 Å². The molecule has 0 N–H and O–H groups in total. The van der Waals surface area contributed by atoms with Crippen LogP contribution in [0, 0.1) is 0 Å². The smallest absolute Gasteiger partial charge is 0.106 e. The van der Waals surface area contributed by atoms with Gasteiger partial charge in [-0.05, 0) is 30.6 Å². The minimum Gasteiger partial charge on any atom is -0.497 e. The fourth-order valence-corrected chi connectivity index (χ4v) is 1.18. The first-order valence-electron chi connectivity index (χ1n) is 4.40. The van der Waals surface area contributed by atoms with E-state index in [0.717, 1.165) is 6.61 Å². The van der Waals surface area contributed by atoms with Gasteiger partial charge in [-0.1, -0.05) is 19.8 Å². The van der Waals surface area contributed by atoms with Crippen LogP contribution in [0.25, 0.3) is 0 Å². The van der Waals surface area contributed by atoms with Crippen LogP contribution < -0.4 is 0 Å². The maximum atomic E-state index is 5.05. The molecule has 1 heteroatoms. The highest BCUT2D eigenvalue weighted by Gasteiger charge is 1.96. The lowest BCUT2D eigenvalue weighted by Crippen LogP contribution is -1.92. The Hall–Kier alpha value is -0.720. The minimum absolute atomic E-state index is 0.762. The van der Waals surface area contributed by atoms with Gasteiger partial charge in [0.15, 0.2) is 0 Å². The van der Waals surface area contributed by atoms with Gasteiger partial charge in [-0.3, -0.25) is 0 Å². The number of hydrogen-bond acceptors (Lipinski definition) is 1. The van der Waals surface area contributed by atoms with Gasteiger partial charge in [0.05, 0.1) is 6.26 Å². The lowest BCUT2D eigenvalue weighted by atomic mass is 10.1. The minimum atomic E-state index is 0.762. The van der Waals surface area contributed by atoms with Gasteiger partial charge in [0, 0.05) is 0 Å². The Morgan fingerprint density at radius 3 is 3.00 bits per heavy atom. The molecule has 1 nitrogen and oxygen atoms in total. The third kappa shape index (κ3) is 3.26. The highest BCUT2D eigenvalue weighted by atomic mass is 16.5. The molecule has 0 aromatic carbocycles. The summed E-state index contributed by atoms with van der Waals surface area (Å²) in [4.78, 5) is 0. The maximum Gasteiger partial charge on any atom is 0.106 e. The molecular weight excluding hydrogens is 136 g/mol. The van der Waals surface area contributed by atoms with Gasteiger partial charge < -0.3 is 4.74 Å². The van der Waals surface area contributed by atoms with Crippen molar-refractivity contribution < 1.29 is 4.74 Å². The third-order valence-corrected chi connectivity index (χ3v) is 1.89. The number of unbranched alkanes of at least 4 members (excludes halogenated alkanes) is 2. The van der Waals surface area contributed by atoms with Crippen molar-refractivity contribution >= 4 is 0 Å². The molecule has 0 radical (unpaired) electrons. The molecule has 0 atom stereocenters. The Kier molecular flexibility index (Phi) is 3.81. The van der Waals surface area contributed by atoms with Crippen LogP contribution in [-0.2, 0) is 4.74 Å². The quantitative estimate of drug-likeness (QED) is 0.562. The average molecular weight is 152 g/mol. The van der Waals surface area contributed by atoms with Gasteiger partial charge in [-0.15, -0.1) is 0 Å². The molecule has 0 unspecified atom stereocenters. The molecule has 0 bridgehead atoms. The molecule has 1 aliphatic heterocycles. The molecule has 0 aromatic heterocycles. The monoisotopic (exact) mass is 152 g/mol. The highest BCUT2D eigenvalue weighted by Crippen LogP contribution is 2.12. The van der Waals surface area contributed by atoms with Crippen LogP contribution in [0.5, 0.6) is 0 Å². The first-order chi connectivity index (χ1) is 5.43. The first kappa shape index (κ1) is 8.38. The molecule has 0 fully saturated rings. The van der Waals surface area contributed by atoms with Gasteiger partial charge in [0.2, 0.25) is 0 Å². The van der Waals surface area contributed by atoms with Crippen LogP contribution in [0.4, 0.5) is 0 Å². The van der Waals surface area contributed by atoms with Gasteiger partial charge in [0.1, 0.15) is 6.61 Å². The average Bonchev–Trinajstić information content (AvgIpc) is 2.07. The van der Waals surface area contributed by atoms with E-state index < -0.39 is 0 Å². The van der Waals surface area contributed by atoms with Crippen molar-refractivity contribution in [2.75, 3.05) is 6.61 Å². The predicted octanol–water partition coefficient (Wildman–Crippen LogP) is 3.04. The lowest BCUT2D eigenvalue weighted by molar-refractivity contribution is 0.283. The third-order valence-electron chi connectivity index (χ3n) is 1.89. The van der Waals surface area contributed by atoms with Crippen molar-refractivity contribution in [2.45, 2.75) is 32.6 Å². The summed E-state index contributed by atoms with van der Waals surface area (Å²) < 4.78 is 5.05. The second kappa shape index (κ2) is 5.00. The van der Waals surface area contributed by atoms with Crippen molar-refractivity contribution in [3.05, 3.63) is 24.0 Å². The molecule has 0 aromatic rings. The van der Waals surface area contributed by atoms with E-state index in [-0.39, 0.29) is 0 Å². The van der Waals surface area contributed by atoms with E-state index in [4.69, 9.17) is 4.74 Å². The molecule has 62 valence electrons. The molecule has 0 aliphatic carbocycles. The van der Waals surface area contributed by atoms with E-state index >= 15 is 0 Å². The summed E-state index contributed by atoms with van der Waals surface area (Å²) in [6, 6.07) is 0. The Balaban J connectivity index is 2.15. The molecule has 11 heavy (non-hydrogen) atoms. The molecular formula is C10H16O. The largest absolute Gasteiger partial charge is 0.497 e. The van der Waals surface area contributed by atoms with Crippen molar-refractivity contribution in [3.8, 4) is 0 Å². The van der Waals surface area contributed by atoms with Crippen molar-refractivity contribution in [3.63, 3.8) is 0 Å². The van der Waals surface area contributed by atoms with Gasteiger partial charge >= 0.3 is 0 Å². The Morgan fingerprint density at radius 2 is 2.36 bits per heavy atom. The topological polar surface area (TPSA) is 9.23 Å². The van der Waals surface area contributed by atoms with E-state index in [2.05, 4.69) is 19.1 Å². The molecule has 0 saturated carbocycles. The second-order valence-electron chi connectivity index (χ2n) is 2.87. The SMILES string of the molecule is CCCCCC1=CCOC=C1. The van der Waals surface area contributed by atoms with Crippen LogP contribution >= 0.6 is 0 Å². The summed E-state index contributed by atoms with van der Waals surface area (Å²) in [5.74, 6) is 0. The van der Waals surface area contributed by atoms with Crippen LogP contribution in [0.3, 0.4) is 0 Å². The fraction of sp³-hybridized carbons (Fsp3) is 0.600. The summed E-state index contributed by atoms with van der Waals surface area (Å²) in [7, 11) is 0. The zero-order chi connectivity index (χ0) is 7.94. The molecule has 0 saturated heterocycles. The van der Waals surface area contributed by atoms with Crippen LogP contribution in [-0.4, -0.2) is 6.61 Å². The summed E-state index contributed by atoms with van der Waals surface area (Å²) in [6.45, 7) is 2.99. The molecule has 0 spiro atoms. The van der Waals surface area contributed by atoms with E-state index in [9.17, 15) is 0 Å². The Labute approximate surface area is 68.8 Å². The zero-order valence-electron chi connectivity index (χ0n) is 7.18. The van der Waals surface area contributed by atoms with Crippen molar-refractivity contribution in [1.29, 1.82) is 0 Å². The van der Waals surface area contributed by atoms with Crippen LogP contribution in [0.2, 0.25) is 0 Å². The highest BCUT2D eigenvalue weighted by molar-refractivity contribution is 5.19. The fourth-order valence-electron chi connectivity index (χ4n) is 1.18. The standard InChI is InChI=1S/C10H16O/c1-2-3-4-5-10-6-8-11-9-7-10/h6-8H,2-5,9H2,1H3. The van der Waals surface area contributed by atoms with E-state index in [1.54, 1.807) is 6.26 Å². The maximum absolute atomic E-state index is 5.05. The van der Waals surface area contributed by atoms with Gasteiger partial charge in [0.25, 0.3) is 0 Å². The Morgan fingerprint density at radius 1 is 1.45 bits per heavy atom. The first-order valence-corrected chi connectivity index (χ1v) is 4.40. The van der Waals surface area contributed by atoms with Crippen LogP contribution in [0.15, 0.2) is 24.0 Å². The van der Waals surface area contributed by atoms with Crippen molar-refractivity contribution in [1.82, 2.24) is 0 Å². The normalized spacial score (nSPS) is 15.9. The van der Waals surface area contributed by atoms with E-state index in [0.29, 0.717) is 0 Å². The van der Waals surface area contributed by atoms with Crippen molar-refractivity contribution in [2.24, 2.45) is 0 Å². The summed E-state index contributed by atoms with van der Waals surface area (Å²) in [5, 5.41) is 0. The summed E-state index contributed by atoms with van der Waals surface area (Å²) in [5.41, 5.74) is 1.43. The van der Waals surface area contributed by atoms with E-state index in [1.807, 2.05) is 0 Å². The predicted molar refractivity (Wildman–Crippen MR) is 47.3 cm³/mol. The number of hydrogen-bond donors (Lipinski definition) is 0. The lowest BCUT2D eigenvalue weighted by Gasteiger charge is -2.06. The number of rotatable bonds is 4. The summed E-state index contributed by atoms with van der Waals surface area (Å²) >= 11 is 0. The Bertz CT molecular complexity index is 156. The summed E-state index contributed by atoms with van der Waals surface area (Å²) in [6.07, 6.45) is 11.2. The molecule has 1 heterocycles. The second-order valence-corrected chi connectivity index (χ2v) is 2.87. The van der Waals surface area contributed by atoms with Gasteiger partial charge in [-0.2, -0.15) is 0 Å². The molecule has 1 aliphatic rings. The molecule has 0 amide bonds. The van der Waals surface area contributed by atoms with Gasteiger partial charge in [-0.25, -0.2) is 0 Å².